The Morgan fingerprint density at radius 1 is 1.05 bits per heavy atom. The molecule has 2 nitrogen and oxygen atoms in total. The predicted octanol–water partition coefficient (Wildman–Crippen LogP) is 5.09. The van der Waals surface area contributed by atoms with Crippen LogP contribution in [0.4, 0.5) is 0 Å². The standard InChI is InChI=1S/C18H16ClN2/c1-2-18(15-4-3-5-17(19)10-15)14-8-6-13(7-9-14)16-11-20-21-12-16/h3-12,18H,1-2H2,(H,20,21). The molecule has 0 spiro atoms. The molecule has 0 saturated carbocycles. The van der Waals surface area contributed by atoms with Crippen LogP contribution in [-0.2, 0) is 0 Å². The van der Waals surface area contributed by atoms with Gasteiger partial charge in [-0.1, -0.05) is 54.9 Å². The van der Waals surface area contributed by atoms with Crippen LogP contribution >= 0.6 is 11.6 Å². The van der Waals surface area contributed by atoms with Gasteiger partial charge >= 0.3 is 0 Å². The van der Waals surface area contributed by atoms with Crippen molar-refractivity contribution in [2.24, 2.45) is 0 Å². The SMILES string of the molecule is [CH2]CC(c1ccc(-c2cn[nH]c2)cc1)c1cccc(Cl)c1. The van der Waals surface area contributed by atoms with Crippen LogP contribution < -0.4 is 0 Å². The average Bonchev–Trinajstić information content (AvgIpc) is 3.03. The zero-order valence-corrected chi connectivity index (χ0v) is 12.3. The van der Waals surface area contributed by atoms with Crippen molar-refractivity contribution < 1.29 is 0 Å². The Labute approximate surface area is 129 Å². The van der Waals surface area contributed by atoms with E-state index in [4.69, 9.17) is 11.6 Å². The van der Waals surface area contributed by atoms with E-state index in [1.165, 1.54) is 11.1 Å². The maximum atomic E-state index is 6.10. The van der Waals surface area contributed by atoms with Crippen molar-refractivity contribution in [2.75, 3.05) is 0 Å². The number of H-pyrrole nitrogens is 1. The first-order valence-corrected chi connectivity index (χ1v) is 7.29. The minimum absolute atomic E-state index is 0.266. The molecule has 105 valence electrons. The molecule has 0 aliphatic heterocycles. The van der Waals surface area contributed by atoms with E-state index in [-0.39, 0.29) is 5.92 Å². The largest absolute Gasteiger partial charge is 0.285 e. The topological polar surface area (TPSA) is 28.7 Å². The summed E-state index contributed by atoms with van der Waals surface area (Å²) in [5.41, 5.74) is 4.70. The Bertz CT molecular complexity index is 702. The van der Waals surface area contributed by atoms with E-state index in [1.54, 1.807) is 0 Å². The first-order chi connectivity index (χ1) is 10.3. The summed E-state index contributed by atoms with van der Waals surface area (Å²) in [5, 5.41) is 7.58. The number of nitrogens with one attached hydrogen (secondary N) is 1. The molecule has 0 saturated heterocycles. The lowest BCUT2D eigenvalue weighted by atomic mass is 9.88. The molecule has 3 heteroatoms. The first-order valence-electron chi connectivity index (χ1n) is 6.92. The second-order valence-corrected chi connectivity index (χ2v) is 5.44. The third-order valence-corrected chi connectivity index (χ3v) is 3.92. The van der Waals surface area contributed by atoms with E-state index in [2.05, 4.69) is 47.5 Å². The maximum Gasteiger partial charge on any atom is 0.0565 e. The van der Waals surface area contributed by atoms with Crippen LogP contribution in [0.5, 0.6) is 0 Å². The number of aromatic amines is 1. The molecule has 1 aromatic heterocycles. The normalized spacial score (nSPS) is 12.3. The Hall–Kier alpha value is -2.06. The molecule has 3 rings (SSSR count). The van der Waals surface area contributed by atoms with Crippen molar-refractivity contribution >= 4 is 11.6 Å². The summed E-state index contributed by atoms with van der Waals surface area (Å²) in [4.78, 5) is 0. The van der Waals surface area contributed by atoms with Gasteiger partial charge in [-0.15, -0.1) is 0 Å². The molecule has 1 N–H and O–H groups in total. The molecular weight excluding hydrogens is 280 g/mol. The van der Waals surface area contributed by atoms with Gasteiger partial charge in [-0.25, -0.2) is 0 Å². The molecule has 21 heavy (non-hydrogen) atoms. The Morgan fingerprint density at radius 2 is 1.86 bits per heavy atom. The van der Waals surface area contributed by atoms with Crippen LogP contribution in [0.2, 0.25) is 5.02 Å². The monoisotopic (exact) mass is 295 g/mol. The molecule has 0 aliphatic carbocycles. The van der Waals surface area contributed by atoms with E-state index in [0.29, 0.717) is 0 Å². The van der Waals surface area contributed by atoms with Gasteiger partial charge in [0.2, 0.25) is 0 Å². The minimum atomic E-state index is 0.266. The molecule has 0 fully saturated rings. The molecule has 3 aromatic rings. The van der Waals surface area contributed by atoms with Crippen molar-refractivity contribution in [3.05, 3.63) is 84.0 Å². The van der Waals surface area contributed by atoms with Gasteiger partial charge in [-0.2, -0.15) is 5.10 Å². The average molecular weight is 296 g/mol. The van der Waals surface area contributed by atoms with Gasteiger partial charge in [0.05, 0.1) is 6.20 Å². The summed E-state index contributed by atoms with van der Waals surface area (Å²) in [6, 6.07) is 16.5. The fourth-order valence-electron chi connectivity index (χ4n) is 2.57. The van der Waals surface area contributed by atoms with Gasteiger partial charge in [0.15, 0.2) is 0 Å². The minimum Gasteiger partial charge on any atom is -0.285 e. The van der Waals surface area contributed by atoms with E-state index >= 15 is 0 Å². The van der Waals surface area contributed by atoms with Gasteiger partial charge in [0, 0.05) is 22.7 Å². The summed E-state index contributed by atoms with van der Waals surface area (Å²) in [6.07, 6.45) is 4.51. The summed E-state index contributed by atoms with van der Waals surface area (Å²) >= 11 is 6.10. The smallest absolute Gasteiger partial charge is 0.0565 e. The number of halogens is 1. The number of nitrogens with zero attached hydrogens (tertiary/aromatic N) is 1. The number of benzene rings is 2. The van der Waals surface area contributed by atoms with Crippen LogP contribution in [0.15, 0.2) is 60.9 Å². The molecular formula is C18H16ClN2. The molecule has 2 aromatic carbocycles. The van der Waals surface area contributed by atoms with Crippen LogP contribution in [-0.4, -0.2) is 10.2 Å². The van der Waals surface area contributed by atoms with Crippen LogP contribution in [0, 0.1) is 6.92 Å². The highest BCUT2D eigenvalue weighted by Gasteiger charge is 2.12. The fourth-order valence-corrected chi connectivity index (χ4v) is 2.76. The third kappa shape index (κ3) is 3.01. The van der Waals surface area contributed by atoms with Gasteiger partial charge in [-0.05, 0) is 35.2 Å². The van der Waals surface area contributed by atoms with Gasteiger partial charge in [0.25, 0.3) is 0 Å². The molecule has 1 heterocycles. The lowest BCUT2D eigenvalue weighted by Crippen LogP contribution is -1.99. The number of rotatable bonds is 4. The van der Waals surface area contributed by atoms with Crippen LogP contribution in [0.3, 0.4) is 0 Å². The number of aromatic nitrogens is 2. The number of hydrogen-bond donors (Lipinski definition) is 1. The van der Waals surface area contributed by atoms with Gasteiger partial charge in [-0.3, -0.25) is 5.10 Å². The molecule has 1 radical (unpaired) electrons. The Balaban J connectivity index is 1.91. The van der Waals surface area contributed by atoms with E-state index in [1.807, 2.05) is 30.6 Å². The fraction of sp³-hybridized carbons (Fsp3) is 0.111. The highest BCUT2D eigenvalue weighted by Crippen LogP contribution is 2.30. The predicted molar refractivity (Wildman–Crippen MR) is 87.3 cm³/mol. The Kier molecular flexibility index (Phi) is 4.07. The zero-order chi connectivity index (χ0) is 14.7. The third-order valence-electron chi connectivity index (χ3n) is 3.68. The van der Waals surface area contributed by atoms with Crippen molar-refractivity contribution in [1.82, 2.24) is 10.2 Å². The lowest BCUT2D eigenvalue weighted by molar-refractivity contribution is 0.827. The quantitative estimate of drug-likeness (QED) is 0.714. The van der Waals surface area contributed by atoms with Gasteiger partial charge in [0.1, 0.15) is 0 Å². The number of hydrogen-bond acceptors (Lipinski definition) is 1. The maximum absolute atomic E-state index is 6.10. The van der Waals surface area contributed by atoms with Crippen LogP contribution in [0.25, 0.3) is 11.1 Å². The van der Waals surface area contributed by atoms with Crippen LogP contribution in [0.1, 0.15) is 23.5 Å². The van der Waals surface area contributed by atoms with Crippen molar-refractivity contribution in [2.45, 2.75) is 12.3 Å². The molecule has 1 unspecified atom stereocenters. The highest BCUT2D eigenvalue weighted by atomic mass is 35.5. The second kappa shape index (κ2) is 6.15. The summed E-state index contributed by atoms with van der Waals surface area (Å²) in [7, 11) is 0. The van der Waals surface area contributed by atoms with Crippen molar-refractivity contribution in [3.63, 3.8) is 0 Å². The van der Waals surface area contributed by atoms with E-state index in [9.17, 15) is 0 Å². The zero-order valence-electron chi connectivity index (χ0n) is 11.6. The molecule has 0 bridgehead atoms. The molecule has 0 aliphatic rings. The lowest BCUT2D eigenvalue weighted by Gasteiger charge is -2.16. The van der Waals surface area contributed by atoms with Gasteiger partial charge < -0.3 is 0 Å². The first kappa shape index (κ1) is 13.9. The van der Waals surface area contributed by atoms with Crippen molar-refractivity contribution in [3.8, 4) is 11.1 Å². The molecule has 1 atom stereocenters. The van der Waals surface area contributed by atoms with E-state index < -0.39 is 0 Å². The second-order valence-electron chi connectivity index (χ2n) is 5.01. The van der Waals surface area contributed by atoms with E-state index in [0.717, 1.165) is 22.6 Å². The summed E-state index contributed by atoms with van der Waals surface area (Å²) in [5.74, 6) is 0.266. The molecule has 0 amide bonds. The van der Waals surface area contributed by atoms with Crippen molar-refractivity contribution in [1.29, 1.82) is 0 Å². The summed E-state index contributed by atoms with van der Waals surface area (Å²) < 4.78 is 0. The summed E-state index contributed by atoms with van der Waals surface area (Å²) in [6.45, 7) is 4.08. The highest BCUT2D eigenvalue weighted by molar-refractivity contribution is 6.30. The Morgan fingerprint density at radius 3 is 2.48 bits per heavy atom.